The number of ether oxygens (including phenoxy) is 5. The molecule has 3 heterocycles. The van der Waals surface area contributed by atoms with Gasteiger partial charge in [0.25, 0.3) is 23.0 Å². The molecule has 15 nitrogen and oxygen atoms in total. The Hall–Kier alpha value is -6.07. The van der Waals surface area contributed by atoms with Gasteiger partial charge in [-0.05, 0) is 84.6 Å². The van der Waals surface area contributed by atoms with Crippen LogP contribution in [-0.2, 0) is 41.2 Å². The van der Waals surface area contributed by atoms with Crippen LogP contribution in [0, 0.1) is 11.3 Å². The van der Waals surface area contributed by atoms with Crippen molar-refractivity contribution in [1.29, 1.82) is 5.26 Å². The Bertz CT molecular complexity index is 2280. The number of nitrogens with one attached hydrogen (secondary N) is 1. The smallest absolute Gasteiger partial charge is 0.420 e. The Labute approximate surface area is 345 Å². The number of aryl methyl sites for hydroxylation is 1. The van der Waals surface area contributed by atoms with Gasteiger partial charge in [0.1, 0.15) is 11.8 Å². The monoisotopic (exact) mass is 850 g/mol. The number of benzene rings is 3. The molecular formula is C41H37F3N4O11S. The van der Waals surface area contributed by atoms with Crippen molar-refractivity contribution in [3.63, 3.8) is 0 Å². The summed E-state index contributed by atoms with van der Waals surface area (Å²) in [5, 5.41) is 10.7. The number of imide groups is 3. The van der Waals surface area contributed by atoms with Gasteiger partial charge in [-0.2, -0.15) is 18.4 Å². The van der Waals surface area contributed by atoms with E-state index in [4.69, 9.17) is 28.9 Å². The van der Waals surface area contributed by atoms with Crippen molar-refractivity contribution < 1.29 is 65.6 Å². The molecular weight excluding hydrogens is 814 g/mol. The highest BCUT2D eigenvalue weighted by Gasteiger charge is 2.45. The lowest BCUT2D eigenvalue weighted by atomic mass is 9.99. The number of halogens is 3. The molecule has 0 aromatic heterocycles. The fourth-order valence-corrected chi connectivity index (χ4v) is 7.45. The Morgan fingerprint density at radius 3 is 2.28 bits per heavy atom. The number of nitriles is 1. The zero-order valence-corrected chi connectivity index (χ0v) is 32.8. The zero-order chi connectivity index (χ0) is 43.0. The minimum atomic E-state index is -4.78. The lowest BCUT2D eigenvalue weighted by Gasteiger charge is -2.27. The summed E-state index contributed by atoms with van der Waals surface area (Å²) in [4.78, 5) is 77.9. The first-order chi connectivity index (χ1) is 28.8. The van der Waals surface area contributed by atoms with Crippen LogP contribution in [0.5, 0.6) is 17.2 Å². The van der Waals surface area contributed by atoms with E-state index in [9.17, 15) is 41.9 Å². The molecule has 1 atom stereocenters. The molecule has 6 rings (SSSR count). The van der Waals surface area contributed by atoms with Crippen LogP contribution in [0.2, 0.25) is 0 Å². The minimum absolute atomic E-state index is 0.00726. The number of fused-ring (bicyclic) bond motifs is 1. The number of hydrogen-bond donors (Lipinski definition) is 1. The molecule has 1 N–H and O–H groups in total. The number of carbonyl (C=O) groups excluding carboxylic acids is 6. The van der Waals surface area contributed by atoms with Gasteiger partial charge in [0.15, 0.2) is 11.5 Å². The Morgan fingerprint density at radius 1 is 0.867 bits per heavy atom. The molecule has 6 amide bonds. The van der Waals surface area contributed by atoms with Crippen LogP contribution in [0.3, 0.4) is 0 Å². The van der Waals surface area contributed by atoms with Gasteiger partial charge in [-0.15, -0.1) is 0 Å². The average Bonchev–Trinajstić information content (AvgIpc) is 3.63. The number of alkyl halides is 3. The zero-order valence-electron chi connectivity index (χ0n) is 32.0. The Morgan fingerprint density at radius 2 is 1.58 bits per heavy atom. The van der Waals surface area contributed by atoms with Crippen LogP contribution in [0.1, 0.15) is 62.2 Å². The van der Waals surface area contributed by atoms with Crippen molar-refractivity contribution in [3.8, 4) is 23.3 Å². The van der Waals surface area contributed by atoms with Gasteiger partial charge in [0.2, 0.25) is 11.8 Å². The van der Waals surface area contributed by atoms with Gasteiger partial charge in [-0.1, -0.05) is 18.2 Å². The van der Waals surface area contributed by atoms with E-state index in [0.717, 1.165) is 27.6 Å². The standard InChI is InChI=1S/C41H37F3N4O11S/c1-55-32-21-24(7-11-31(32)59-30-10-8-25(23-45)20-28(30)41(42,43)44)22-33-38(52)47(40(54)60-33)13-15-57-17-19-58-18-16-56-14-3-5-26-4-2-6-27-35(26)39(53)48(37(27)51)29-9-12-34(49)46-36(29)50/h2,4,6-8,10-11,20-22,29H,3,5,9,12-19H2,1H3,(H,46,49,50)/b33-22-. The second kappa shape index (κ2) is 19.3. The number of carbonyl (C=O) groups is 6. The van der Waals surface area contributed by atoms with Crippen molar-refractivity contribution in [2.75, 3.05) is 53.3 Å². The highest BCUT2D eigenvalue weighted by Crippen LogP contribution is 2.42. The van der Waals surface area contributed by atoms with E-state index in [2.05, 4.69) is 5.32 Å². The second-order valence-electron chi connectivity index (χ2n) is 13.4. The molecule has 0 bridgehead atoms. The molecule has 3 aliphatic heterocycles. The Balaban J connectivity index is 0.875. The molecule has 3 aromatic carbocycles. The number of methoxy groups -OCH3 is 1. The fourth-order valence-electron chi connectivity index (χ4n) is 6.59. The normalized spacial score (nSPS) is 17.4. The summed E-state index contributed by atoms with van der Waals surface area (Å²) in [5.41, 5.74) is 0.259. The van der Waals surface area contributed by atoms with Crippen LogP contribution in [-0.4, -0.2) is 104 Å². The SMILES string of the molecule is COc1cc(/C=C2\SC(=O)N(CCOCCOCCOCCCc3cccc4c3C(=O)N(C3CCC(=O)NC3=O)C4=O)C2=O)ccc1Oc1ccc(C#N)cc1C(F)(F)F. The van der Waals surface area contributed by atoms with Gasteiger partial charge in [0, 0.05) is 13.0 Å². The van der Waals surface area contributed by atoms with E-state index in [-0.39, 0.29) is 85.5 Å². The summed E-state index contributed by atoms with van der Waals surface area (Å²) in [5.74, 6) is -3.26. The van der Waals surface area contributed by atoms with Crippen LogP contribution in [0.4, 0.5) is 18.0 Å². The summed E-state index contributed by atoms with van der Waals surface area (Å²) in [6.45, 7) is 1.38. The van der Waals surface area contributed by atoms with Gasteiger partial charge < -0.3 is 23.7 Å². The summed E-state index contributed by atoms with van der Waals surface area (Å²) < 4.78 is 68.5. The number of amides is 6. The van der Waals surface area contributed by atoms with Crippen LogP contribution >= 0.6 is 11.8 Å². The van der Waals surface area contributed by atoms with E-state index in [0.29, 0.717) is 36.6 Å². The molecule has 0 radical (unpaired) electrons. The molecule has 3 aromatic rings. The number of piperidine rings is 1. The van der Waals surface area contributed by atoms with Crippen molar-refractivity contribution in [2.45, 2.75) is 37.9 Å². The van der Waals surface area contributed by atoms with E-state index >= 15 is 0 Å². The Kier molecular flexibility index (Phi) is 14.0. The van der Waals surface area contributed by atoms with Crippen molar-refractivity contribution in [2.24, 2.45) is 0 Å². The van der Waals surface area contributed by atoms with Gasteiger partial charge in [-0.3, -0.25) is 43.9 Å². The molecule has 2 saturated heterocycles. The lowest BCUT2D eigenvalue weighted by molar-refractivity contribution is -0.139. The summed E-state index contributed by atoms with van der Waals surface area (Å²) in [6.07, 6.45) is -2.21. The van der Waals surface area contributed by atoms with Crippen molar-refractivity contribution in [1.82, 2.24) is 15.1 Å². The van der Waals surface area contributed by atoms with Crippen molar-refractivity contribution >= 4 is 52.6 Å². The third-order valence-corrected chi connectivity index (χ3v) is 10.4. The highest BCUT2D eigenvalue weighted by atomic mass is 32.2. The molecule has 2 fully saturated rings. The molecule has 0 aliphatic carbocycles. The summed E-state index contributed by atoms with van der Waals surface area (Å²) in [6, 6.07) is 12.8. The maximum atomic E-state index is 13.6. The lowest BCUT2D eigenvalue weighted by Crippen LogP contribution is -2.54. The van der Waals surface area contributed by atoms with E-state index in [1.54, 1.807) is 24.3 Å². The van der Waals surface area contributed by atoms with Gasteiger partial charge >= 0.3 is 6.18 Å². The topological polar surface area (TPSA) is 191 Å². The molecule has 0 spiro atoms. The maximum Gasteiger partial charge on any atom is 0.420 e. The molecule has 0 saturated carbocycles. The molecule has 314 valence electrons. The summed E-state index contributed by atoms with van der Waals surface area (Å²) >= 11 is 0.725. The van der Waals surface area contributed by atoms with E-state index < -0.39 is 58.3 Å². The van der Waals surface area contributed by atoms with Crippen molar-refractivity contribution in [3.05, 3.63) is 92.9 Å². The quantitative estimate of drug-likeness (QED) is 0.0961. The second-order valence-corrected chi connectivity index (χ2v) is 14.4. The number of thioether (sulfide) groups is 1. The first-order valence-corrected chi connectivity index (χ1v) is 19.4. The largest absolute Gasteiger partial charge is 0.493 e. The molecule has 60 heavy (non-hydrogen) atoms. The van der Waals surface area contributed by atoms with Crippen LogP contribution < -0.4 is 14.8 Å². The number of nitrogens with zero attached hydrogens (tertiary/aromatic N) is 3. The number of rotatable bonds is 18. The fraction of sp³-hybridized carbons (Fsp3) is 0.341. The molecule has 1 unspecified atom stereocenters. The van der Waals surface area contributed by atoms with Crippen LogP contribution in [0.15, 0.2) is 59.5 Å². The third-order valence-electron chi connectivity index (χ3n) is 9.49. The molecule has 3 aliphatic rings. The predicted molar refractivity (Wildman–Crippen MR) is 206 cm³/mol. The molecule has 19 heteroatoms. The average molecular weight is 851 g/mol. The first kappa shape index (κ1) is 43.5. The first-order valence-electron chi connectivity index (χ1n) is 18.6. The minimum Gasteiger partial charge on any atom is -0.493 e. The number of hydrogen-bond acceptors (Lipinski definition) is 13. The summed E-state index contributed by atoms with van der Waals surface area (Å²) in [7, 11) is 1.29. The van der Waals surface area contributed by atoms with Gasteiger partial charge in [-0.25, -0.2) is 0 Å². The third kappa shape index (κ3) is 10.0. The van der Waals surface area contributed by atoms with E-state index in [1.807, 2.05) is 0 Å². The predicted octanol–water partition coefficient (Wildman–Crippen LogP) is 5.50. The van der Waals surface area contributed by atoms with E-state index in [1.165, 1.54) is 37.5 Å². The van der Waals surface area contributed by atoms with Crippen LogP contribution in [0.25, 0.3) is 6.08 Å². The maximum absolute atomic E-state index is 13.6. The van der Waals surface area contributed by atoms with Gasteiger partial charge in [0.05, 0.1) is 79.9 Å². The highest BCUT2D eigenvalue weighted by molar-refractivity contribution is 8.18.